The summed E-state index contributed by atoms with van der Waals surface area (Å²) in [7, 11) is 0. The molecule has 1 aliphatic carbocycles. The number of nitrogens with one attached hydrogen (secondary N) is 2. The van der Waals surface area contributed by atoms with Gasteiger partial charge in [0.1, 0.15) is 11.2 Å². The van der Waals surface area contributed by atoms with Crippen LogP contribution in [0, 0.1) is 5.82 Å². The zero-order chi connectivity index (χ0) is 18.7. The molecule has 1 aliphatic heterocycles. The van der Waals surface area contributed by atoms with Gasteiger partial charge in [0.2, 0.25) is 0 Å². The van der Waals surface area contributed by atoms with Crippen molar-refractivity contribution < 1.29 is 18.4 Å². The number of amides is 2. The van der Waals surface area contributed by atoms with Gasteiger partial charge in [-0.1, -0.05) is 6.08 Å². The highest BCUT2D eigenvalue weighted by atomic mass is 79.9. The highest BCUT2D eigenvalue weighted by molar-refractivity contribution is 9.10. The van der Waals surface area contributed by atoms with Crippen molar-refractivity contribution in [2.75, 3.05) is 0 Å². The molecule has 1 aromatic carbocycles. The molecule has 5 nitrogen and oxygen atoms in total. The number of fused-ring (bicyclic) bond motifs is 2. The molecule has 134 valence electrons. The van der Waals surface area contributed by atoms with E-state index in [2.05, 4.69) is 26.2 Å². The van der Waals surface area contributed by atoms with E-state index in [0.717, 1.165) is 18.1 Å². The van der Waals surface area contributed by atoms with Crippen molar-refractivity contribution in [2.45, 2.75) is 12.8 Å². The number of hydrogen-bond acceptors (Lipinski definition) is 3. The summed E-state index contributed by atoms with van der Waals surface area (Å²) in [6.45, 7) is 0. The van der Waals surface area contributed by atoms with Crippen LogP contribution in [0.1, 0.15) is 24.0 Å². The molecule has 3 heterocycles. The molecule has 2 aliphatic rings. The topological polar surface area (TPSA) is 75.1 Å². The standard InChI is InChI=1S/C20H12BrFN2O3/c21-13-6-15-10(5-14(13)22)11(7-23-15)17-18(20(26)24-19(17)25)12-8-27-16-4-2-1-3-9(12)16/h3-8,23H,1-2H2,(H,24,25,26). The lowest BCUT2D eigenvalue weighted by atomic mass is 9.95. The molecule has 2 amide bonds. The molecule has 0 saturated heterocycles. The lowest BCUT2D eigenvalue weighted by Gasteiger charge is -2.03. The van der Waals surface area contributed by atoms with Gasteiger partial charge in [-0.05, 0) is 47.0 Å². The van der Waals surface area contributed by atoms with Crippen molar-refractivity contribution in [3.8, 4) is 0 Å². The van der Waals surface area contributed by atoms with Gasteiger partial charge in [-0.3, -0.25) is 14.9 Å². The van der Waals surface area contributed by atoms with Crippen molar-refractivity contribution in [1.29, 1.82) is 0 Å². The van der Waals surface area contributed by atoms with Crippen molar-refractivity contribution >= 4 is 61.9 Å². The molecule has 27 heavy (non-hydrogen) atoms. The van der Waals surface area contributed by atoms with Gasteiger partial charge in [0, 0.05) is 33.4 Å². The quantitative estimate of drug-likeness (QED) is 0.618. The van der Waals surface area contributed by atoms with E-state index in [1.807, 2.05) is 12.2 Å². The molecule has 7 heteroatoms. The normalized spacial score (nSPS) is 16.4. The molecular formula is C20H12BrFN2O3. The predicted molar refractivity (Wildman–Crippen MR) is 102 cm³/mol. The SMILES string of the molecule is O=C1NC(=O)C(c2c[nH]c3cc(Br)c(F)cc23)=C1c1coc2c1=CCCC=2. The first kappa shape index (κ1) is 16.3. The molecule has 2 aromatic heterocycles. The van der Waals surface area contributed by atoms with E-state index in [-0.39, 0.29) is 11.1 Å². The number of halogens is 2. The molecule has 0 unspecified atom stereocenters. The van der Waals surface area contributed by atoms with E-state index in [0.29, 0.717) is 31.9 Å². The number of aromatic amines is 1. The Labute approximate surface area is 160 Å². The highest BCUT2D eigenvalue weighted by Gasteiger charge is 2.35. The molecule has 0 radical (unpaired) electrons. The van der Waals surface area contributed by atoms with Crippen LogP contribution in [0.15, 0.2) is 33.5 Å². The van der Waals surface area contributed by atoms with Gasteiger partial charge in [-0.25, -0.2) is 4.39 Å². The summed E-state index contributed by atoms with van der Waals surface area (Å²) in [5.74, 6) is -1.43. The number of furan rings is 1. The Kier molecular flexibility index (Phi) is 3.48. The largest absolute Gasteiger partial charge is 0.464 e. The second-order valence-electron chi connectivity index (χ2n) is 6.46. The van der Waals surface area contributed by atoms with Crippen LogP contribution in [0.2, 0.25) is 0 Å². The maximum Gasteiger partial charge on any atom is 0.259 e. The van der Waals surface area contributed by atoms with Gasteiger partial charge < -0.3 is 9.40 Å². The van der Waals surface area contributed by atoms with Crippen LogP contribution in [0.25, 0.3) is 34.2 Å². The van der Waals surface area contributed by atoms with Gasteiger partial charge in [0.05, 0.1) is 21.9 Å². The Morgan fingerprint density at radius 1 is 1.04 bits per heavy atom. The fourth-order valence-electron chi connectivity index (χ4n) is 3.68. The third-order valence-corrected chi connectivity index (χ3v) is 5.50. The third-order valence-electron chi connectivity index (χ3n) is 4.90. The first-order valence-corrected chi connectivity index (χ1v) is 9.18. The van der Waals surface area contributed by atoms with Crippen LogP contribution in [0.4, 0.5) is 4.39 Å². The fourth-order valence-corrected chi connectivity index (χ4v) is 4.02. The van der Waals surface area contributed by atoms with E-state index < -0.39 is 17.6 Å². The summed E-state index contributed by atoms with van der Waals surface area (Å²) in [4.78, 5) is 28.2. The number of benzene rings is 1. The van der Waals surface area contributed by atoms with Gasteiger partial charge in [0.25, 0.3) is 11.8 Å². The van der Waals surface area contributed by atoms with Crippen molar-refractivity contribution in [3.05, 3.63) is 56.6 Å². The van der Waals surface area contributed by atoms with Crippen LogP contribution in [-0.4, -0.2) is 16.8 Å². The van der Waals surface area contributed by atoms with E-state index >= 15 is 0 Å². The minimum atomic E-state index is -0.506. The van der Waals surface area contributed by atoms with Crippen LogP contribution < -0.4 is 16.0 Å². The first-order chi connectivity index (χ1) is 13.0. The summed E-state index contributed by atoms with van der Waals surface area (Å²) < 4.78 is 20.0. The lowest BCUT2D eigenvalue weighted by Crippen LogP contribution is -2.27. The average Bonchev–Trinajstić information content (AvgIpc) is 3.31. The molecular weight excluding hydrogens is 415 g/mol. The van der Waals surface area contributed by atoms with Crippen LogP contribution in [0.3, 0.4) is 0 Å². The van der Waals surface area contributed by atoms with Crippen molar-refractivity contribution in [2.24, 2.45) is 0 Å². The number of imide groups is 1. The predicted octanol–water partition coefficient (Wildman–Crippen LogP) is 2.58. The minimum Gasteiger partial charge on any atom is -0.464 e. The number of hydrogen-bond donors (Lipinski definition) is 2. The molecule has 3 aromatic rings. The monoisotopic (exact) mass is 426 g/mol. The molecule has 0 saturated carbocycles. The molecule has 0 bridgehead atoms. The van der Waals surface area contributed by atoms with E-state index in [4.69, 9.17) is 4.42 Å². The maximum absolute atomic E-state index is 14.1. The number of carbonyl (C=O) groups excluding carboxylic acids is 2. The second-order valence-corrected chi connectivity index (χ2v) is 7.31. The van der Waals surface area contributed by atoms with E-state index in [1.54, 1.807) is 12.3 Å². The maximum atomic E-state index is 14.1. The smallest absolute Gasteiger partial charge is 0.259 e. The molecule has 2 N–H and O–H groups in total. The molecule has 5 rings (SSSR count). The van der Waals surface area contributed by atoms with Gasteiger partial charge in [0.15, 0.2) is 0 Å². The summed E-state index contributed by atoms with van der Waals surface area (Å²) in [6.07, 6.45) is 8.79. The molecule has 0 spiro atoms. The van der Waals surface area contributed by atoms with E-state index in [9.17, 15) is 14.0 Å². The van der Waals surface area contributed by atoms with Crippen molar-refractivity contribution in [1.82, 2.24) is 10.3 Å². The zero-order valence-corrected chi connectivity index (χ0v) is 15.4. The fraction of sp³-hybridized carbons (Fsp3) is 0.100. The zero-order valence-electron chi connectivity index (χ0n) is 13.9. The Hall–Kier alpha value is -2.93. The van der Waals surface area contributed by atoms with Crippen LogP contribution in [-0.2, 0) is 9.59 Å². The summed E-state index contributed by atoms with van der Waals surface area (Å²) in [5.41, 5.74) is 2.88. The van der Waals surface area contributed by atoms with Crippen LogP contribution in [0.5, 0.6) is 0 Å². The highest BCUT2D eigenvalue weighted by Crippen LogP contribution is 2.35. The number of rotatable bonds is 2. The lowest BCUT2D eigenvalue weighted by molar-refractivity contribution is -0.122. The van der Waals surface area contributed by atoms with Crippen molar-refractivity contribution in [3.63, 3.8) is 0 Å². The Morgan fingerprint density at radius 2 is 1.78 bits per heavy atom. The Morgan fingerprint density at radius 3 is 2.59 bits per heavy atom. The van der Waals surface area contributed by atoms with Gasteiger partial charge in [-0.2, -0.15) is 0 Å². The summed E-state index contributed by atoms with van der Waals surface area (Å²) in [5, 5.41) is 3.70. The van der Waals surface area contributed by atoms with Gasteiger partial charge in [-0.15, -0.1) is 0 Å². The minimum absolute atomic E-state index is 0.218. The molecule has 0 atom stereocenters. The summed E-state index contributed by atoms with van der Waals surface area (Å²) in [6, 6.07) is 2.95. The average molecular weight is 427 g/mol. The van der Waals surface area contributed by atoms with Gasteiger partial charge >= 0.3 is 0 Å². The first-order valence-electron chi connectivity index (χ1n) is 8.39. The van der Waals surface area contributed by atoms with Crippen LogP contribution >= 0.6 is 15.9 Å². The summed E-state index contributed by atoms with van der Waals surface area (Å²) >= 11 is 3.15. The van der Waals surface area contributed by atoms with E-state index in [1.165, 1.54) is 12.3 Å². The number of aromatic nitrogens is 1. The third kappa shape index (κ3) is 2.35. The number of H-pyrrole nitrogens is 1. The molecule has 0 fully saturated rings. The Balaban J connectivity index is 1.84. The number of carbonyl (C=O) groups is 2. The second kappa shape index (κ2) is 5.79. The Bertz CT molecular complexity index is 1310.